The van der Waals surface area contributed by atoms with Crippen LogP contribution in [0.4, 0.5) is 0 Å². The van der Waals surface area contributed by atoms with Crippen LogP contribution in [0.5, 0.6) is 0 Å². The number of hydrogen-bond donors (Lipinski definition) is 0. The van der Waals surface area contributed by atoms with Crippen molar-refractivity contribution < 1.29 is 3.08 Å². The molecule has 52 valence electrons. The molecule has 0 aliphatic heterocycles. The van der Waals surface area contributed by atoms with Gasteiger partial charge in [0.1, 0.15) is 0 Å². The quantitative estimate of drug-likeness (QED) is 0.681. The predicted molar refractivity (Wildman–Crippen MR) is 41.0 cm³/mol. The molecule has 0 radical (unpaired) electrons. The van der Waals surface area contributed by atoms with Crippen LogP contribution in [0.3, 0.4) is 0 Å². The van der Waals surface area contributed by atoms with E-state index in [9.17, 15) is 3.08 Å². The predicted octanol–water partition coefficient (Wildman–Crippen LogP) is 2.32. The zero-order chi connectivity index (χ0) is 7.11. The molecule has 2 heteroatoms. The molecule has 0 aliphatic carbocycles. The van der Waals surface area contributed by atoms with Gasteiger partial charge in [-0.15, -0.1) is 0 Å². The van der Waals surface area contributed by atoms with Gasteiger partial charge in [-0.3, -0.25) is 0 Å². The zero-order valence-electron chi connectivity index (χ0n) is 6.18. The summed E-state index contributed by atoms with van der Waals surface area (Å²) in [5.74, 6) is 0. The van der Waals surface area contributed by atoms with Gasteiger partial charge in [0.25, 0.3) is 0 Å². The van der Waals surface area contributed by atoms with Crippen molar-refractivity contribution in [2.45, 2.75) is 31.1 Å². The van der Waals surface area contributed by atoms with Crippen molar-refractivity contribution in [3.05, 3.63) is 10.2 Å². The monoisotopic (exact) mass is 234 g/mol. The maximum atomic E-state index is 11.0. The minimum absolute atomic E-state index is 0.989. The molecule has 0 aromatic heterocycles. The first-order chi connectivity index (χ1) is 4.31. The van der Waals surface area contributed by atoms with Crippen LogP contribution in [0.1, 0.15) is 26.7 Å². The van der Waals surface area contributed by atoms with Gasteiger partial charge in [0.05, 0.1) is 0 Å². The summed E-state index contributed by atoms with van der Waals surface area (Å²) < 4.78 is 13.9. The van der Waals surface area contributed by atoms with E-state index in [0.717, 1.165) is 10.9 Å². The van der Waals surface area contributed by atoms with Crippen LogP contribution < -0.4 is 0 Å². The second-order valence-electron chi connectivity index (χ2n) is 2.07. The third kappa shape index (κ3) is 6.22. The van der Waals surface area contributed by atoms with Crippen LogP contribution in [0.25, 0.3) is 0 Å². The Morgan fingerprint density at radius 2 is 2.22 bits per heavy atom. The summed E-state index contributed by atoms with van der Waals surface area (Å²) in [5, 5.41) is 0. The Morgan fingerprint density at radius 3 is 2.67 bits per heavy atom. The summed E-state index contributed by atoms with van der Waals surface area (Å²) in [6.45, 7) is 4.07. The van der Waals surface area contributed by atoms with E-state index in [1.807, 2.05) is 17.1 Å². The molecule has 0 unspecified atom stereocenters. The van der Waals surface area contributed by atoms with Crippen molar-refractivity contribution in [3.63, 3.8) is 0 Å². The Bertz CT molecular complexity index is 107. The van der Waals surface area contributed by atoms with E-state index in [-0.39, 0.29) is 0 Å². The second kappa shape index (κ2) is 6.46. The van der Waals surface area contributed by atoms with E-state index in [1.54, 1.807) is 0 Å². The van der Waals surface area contributed by atoms with E-state index >= 15 is 0 Å². The average Bonchev–Trinajstić information content (AvgIpc) is 1.85. The van der Waals surface area contributed by atoms with Gasteiger partial charge in [-0.2, -0.15) is 0 Å². The fraction of sp³-hybridized carbons (Fsp3) is 0.714. The van der Waals surface area contributed by atoms with Gasteiger partial charge < -0.3 is 0 Å². The summed E-state index contributed by atoms with van der Waals surface area (Å²) in [6.07, 6.45) is 4.23. The first kappa shape index (κ1) is 9.34. The molecule has 0 aromatic rings. The molecular formula is C7H14OSn. The molecule has 0 aromatic carbocycles. The van der Waals surface area contributed by atoms with Gasteiger partial charge in [0.15, 0.2) is 0 Å². The van der Waals surface area contributed by atoms with Crippen LogP contribution in [0, 0.1) is 0 Å². The Kier molecular flexibility index (Phi) is 6.70. The molecule has 0 amide bonds. The van der Waals surface area contributed by atoms with E-state index < -0.39 is 19.7 Å². The molecule has 0 rings (SSSR count). The van der Waals surface area contributed by atoms with Crippen molar-refractivity contribution >= 4 is 19.7 Å². The van der Waals surface area contributed by atoms with E-state index in [1.165, 1.54) is 6.42 Å². The molecule has 0 bridgehead atoms. The van der Waals surface area contributed by atoms with Crippen molar-refractivity contribution in [1.29, 1.82) is 0 Å². The van der Waals surface area contributed by atoms with Gasteiger partial charge in [-0.05, 0) is 0 Å². The zero-order valence-corrected chi connectivity index (χ0v) is 9.04. The van der Waals surface area contributed by atoms with Crippen LogP contribution >= 0.6 is 0 Å². The van der Waals surface area contributed by atoms with E-state index in [0.29, 0.717) is 0 Å². The van der Waals surface area contributed by atoms with Gasteiger partial charge in [-0.1, -0.05) is 0 Å². The standard InChI is InChI=1S/C4H9.C3H5.O.Sn/c1-3-4-2;1-3-2;;/h1,3-4H2,2H3;1,3H,2H3;;. The van der Waals surface area contributed by atoms with E-state index in [4.69, 9.17) is 0 Å². The summed E-state index contributed by atoms with van der Waals surface area (Å²) in [4.78, 5) is 0. The van der Waals surface area contributed by atoms with Gasteiger partial charge >= 0.3 is 64.1 Å². The second-order valence-corrected chi connectivity index (χ2v) is 7.11. The number of hydrogen-bond acceptors (Lipinski definition) is 1. The van der Waals surface area contributed by atoms with Crippen molar-refractivity contribution in [2.75, 3.05) is 0 Å². The van der Waals surface area contributed by atoms with Crippen molar-refractivity contribution in [1.82, 2.24) is 0 Å². The van der Waals surface area contributed by atoms with Gasteiger partial charge in [0, 0.05) is 0 Å². The average molecular weight is 233 g/mol. The molecule has 0 spiro atoms. The van der Waals surface area contributed by atoms with Crippen LogP contribution in [-0.4, -0.2) is 19.7 Å². The molecule has 0 atom stereocenters. The third-order valence-corrected chi connectivity index (χ3v) is 5.56. The topological polar surface area (TPSA) is 17.1 Å². The molecule has 0 fully saturated rings. The Morgan fingerprint density at radius 1 is 1.56 bits per heavy atom. The minimum atomic E-state index is -2.14. The summed E-state index contributed by atoms with van der Waals surface area (Å²) in [6, 6.07) is 0. The first-order valence-corrected chi connectivity index (χ1v) is 8.30. The summed E-state index contributed by atoms with van der Waals surface area (Å²) >= 11 is -2.14. The summed E-state index contributed by atoms with van der Waals surface area (Å²) in [7, 11) is 0. The van der Waals surface area contributed by atoms with Crippen molar-refractivity contribution in [3.8, 4) is 0 Å². The molecular weight excluding hydrogens is 219 g/mol. The Balaban J connectivity index is 3.27. The van der Waals surface area contributed by atoms with Crippen LogP contribution in [0.15, 0.2) is 10.2 Å². The molecule has 0 heterocycles. The van der Waals surface area contributed by atoms with Gasteiger partial charge in [0.2, 0.25) is 0 Å². The van der Waals surface area contributed by atoms with Crippen LogP contribution in [-0.2, 0) is 3.08 Å². The molecule has 9 heavy (non-hydrogen) atoms. The van der Waals surface area contributed by atoms with Crippen molar-refractivity contribution in [2.24, 2.45) is 0 Å². The number of unbranched alkanes of at least 4 members (excludes halogenated alkanes) is 1. The fourth-order valence-electron chi connectivity index (χ4n) is 0.620. The molecule has 0 N–H and O–H groups in total. The number of allylic oxidation sites excluding steroid dienone is 1. The number of rotatable bonds is 4. The van der Waals surface area contributed by atoms with E-state index in [2.05, 4.69) is 6.92 Å². The SMILES string of the molecule is CC=[CH][Sn](=[O])[CH2]CCC. The molecule has 1 nitrogen and oxygen atoms in total. The van der Waals surface area contributed by atoms with Crippen LogP contribution in [0.2, 0.25) is 4.44 Å². The normalized spacial score (nSPS) is 10.4. The molecule has 0 saturated heterocycles. The van der Waals surface area contributed by atoms with Gasteiger partial charge in [-0.25, -0.2) is 0 Å². The third-order valence-electron chi connectivity index (χ3n) is 1.13. The molecule has 0 saturated carbocycles. The molecule has 0 aliphatic rings. The Labute approximate surface area is 64.3 Å². The maximum absolute atomic E-state index is 11.0. The summed E-state index contributed by atoms with van der Waals surface area (Å²) in [5.41, 5.74) is 0. The fourth-order valence-corrected chi connectivity index (χ4v) is 4.16. The first-order valence-electron chi connectivity index (χ1n) is 3.46. The Hall–Kier alpha value is 0.339.